The Labute approximate surface area is 166 Å². The third-order valence-electron chi connectivity index (χ3n) is 5.09. The van der Waals surface area contributed by atoms with E-state index in [9.17, 15) is 4.79 Å². The molecule has 1 aromatic carbocycles. The highest BCUT2D eigenvalue weighted by molar-refractivity contribution is 5.69. The summed E-state index contributed by atoms with van der Waals surface area (Å²) in [6.45, 7) is 11.4. The van der Waals surface area contributed by atoms with Crippen molar-refractivity contribution in [3.8, 4) is 0 Å². The van der Waals surface area contributed by atoms with Crippen LogP contribution >= 0.6 is 0 Å². The number of esters is 1. The maximum Gasteiger partial charge on any atom is 0.327 e. The summed E-state index contributed by atoms with van der Waals surface area (Å²) in [5, 5.41) is 12.1. The number of carbonyl (C=O) groups excluding carboxylic acids is 1. The van der Waals surface area contributed by atoms with Gasteiger partial charge in [-0.15, -0.1) is 5.10 Å². The normalized spacial score (nSPS) is 17.0. The Balaban J connectivity index is 1.64. The molecule has 1 atom stereocenters. The van der Waals surface area contributed by atoms with E-state index >= 15 is 0 Å². The minimum absolute atomic E-state index is 0.0490. The molecule has 0 spiro atoms. The molecule has 1 saturated heterocycles. The van der Waals surface area contributed by atoms with Crippen LogP contribution in [0.5, 0.6) is 0 Å². The first-order chi connectivity index (χ1) is 13.6. The van der Waals surface area contributed by atoms with Gasteiger partial charge in [0.25, 0.3) is 0 Å². The number of piperazine rings is 1. The molecule has 0 aliphatic carbocycles. The second kappa shape index (κ2) is 9.75. The summed E-state index contributed by atoms with van der Waals surface area (Å²) in [5.41, 5.74) is 1.34. The van der Waals surface area contributed by atoms with Gasteiger partial charge in [0.2, 0.25) is 0 Å². The van der Waals surface area contributed by atoms with Crippen LogP contribution < -0.4 is 0 Å². The average Bonchev–Trinajstić information content (AvgIpc) is 3.11. The first kappa shape index (κ1) is 20.4. The highest BCUT2D eigenvalue weighted by atomic mass is 16.5. The van der Waals surface area contributed by atoms with Crippen molar-refractivity contribution >= 4 is 5.97 Å². The number of benzene rings is 1. The van der Waals surface area contributed by atoms with Crippen LogP contribution in [0, 0.1) is 5.92 Å². The van der Waals surface area contributed by atoms with Gasteiger partial charge in [-0.2, -0.15) is 0 Å². The molecule has 2 heterocycles. The van der Waals surface area contributed by atoms with Crippen LogP contribution in [-0.2, 0) is 22.6 Å². The molecule has 1 unspecified atom stereocenters. The number of carbonyl (C=O) groups is 1. The Hall–Kier alpha value is -2.32. The molecular weight excluding hydrogens is 356 g/mol. The van der Waals surface area contributed by atoms with Crippen LogP contribution in [0.1, 0.15) is 38.2 Å². The highest BCUT2D eigenvalue weighted by Gasteiger charge is 2.31. The van der Waals surface area contributed by atoms with Gasteiger partial charge in [-0.1, -0.05) is 44.2 Å². The van der Waals surface area contributed by atoms with Gasteiger partial charge in [0.1, 0.15) is 6.54 Å². The van der Waals surface area contributed by atoms with Crippen molar-refractivity contribution in [2.24, 2.45) is 5.92 Å². The predicted octanol–water partition coefficient (Wildman–Crippen LogP) is 1.75. The Morgan fingerprint density at radius 3 is 2.50 bits per heavy atom. The Morgan fingerprint density at radius 2 is 1.86 bits per heavy atom. The Morgan fingerprint density at radius 1 is 1.14 bits per heavy atom. The molecule has 1 aliphatic heterocycles. The maximum absolute atomic E-state index is 11.9. The molecule has 0 saturated carbocycles. The van der Waals surface area contributed by atoms with Crippen molar-refractivity contribution in [2.75, 3.05) is 32.8 Å². The quantitative estimate of drug-likeness (QED) is 0.640. The van der Waals surface area contributed by atoms with Gasteiger partial charge in [0.05, 0.1) is 12.6 Å². The van der Waals surface area contributed by atoms with Crippen molar-refractivity contribution in [2.45, 2.75) is 39.9 Å². The van der Waals surface area contributed by atoms with E-state index in [1.165, 1.54) is 5.56 Å². The highest BCUT2D eigenvalue weighted by Crippen LogP contribution is 2.28. The first-order valence-electron chi connectivity index (χ1n) is 10.0. The molecule has 2 aromatic rings. The minimum atomic E-state index is -0.314. The van der Waals surface area contributed by atoms with Gasteiger partial charge in [0, 0.05) is 32.7 Å². The monoisotopic (exact) mass is 386 g/mol. The van der Waals surface area contributed by atoms with Gasteiger partial charge in [0.15, 0.2) is 5.82 Å². The summed E-state index contributed by atoms with van der Waals surface area (Å²) in [5.74, 6) is 0.749. The summed E-state index contributed by atoms with van der Waals surface area (Å²) < 4.78 is 6.63. The Kier molecular flexibility index (Phi) is 7.11. The summed E-state index contributed by atoms with van der Waals surface area (Å²) >= 11 is 0. The third-order valence-corrected chi connectivity index (χ3v) is 5.09. The van der Waals surface area contributed by atoms with Crippen LogP contribution in [0.25, 0.3) is 0 Å². The zero-order chi connectivity index (χ0) is 19.9. The number of ether oxygens (including phenoxy) is 1. The number of hydrogen-bond donors (Lipinski definition) is 0. The fraction of sp³-hybridized carbons (Fsp3) is 0.600. The maximum atomic E-state index is 11.9. The summed E-state index contributed by atoms with van der Waals surface area (Å²) in [7, 11) is 0. The smallest absolute Gasteiger partial charge is 0.327 e. The van der Waals surface area contributed by atoms with Crippen molar-refractivity contribution in [3.63, 3.8) is 0 Å². The SMILES string of the molecule is CCOC(=O)Cn1nnnc1C(C(C)C)N1CCN(Cc2ccccc2)CC1. The molecule has 0 N–H and O–H groups in total. The predicted molar refractivity (Wildman–Crippen MR) is 105 cm³/mol. The van der Waals surface area contributed by atoms with Gasteiger partial charge in [-0.3, -0.25) is 14.6 Å². The molecule has 152 valence electrons. The molecule has 1 fully saturated rings. The standard InChI is InChI=1S/C20H30N6O2/c1-4-28-18(27)15-26-20(21-22-23-26)19(16(2)3)25-12-10-24(11-13-25)14-17-8-6-5-7-9-17/h5-9,16,19H,4,10-15H2,1-3H3. The molecule has 8 heteroatoms. The molecule has 0 bridgehead atoms. The van der Waals surface area contributed by atoms with Crippen molar-refractivity contribution < 1.29 is 9.53 Å². The topological polar surface area (TPSA) is 76.4 Å². The second-order valence-corrected chi connectivity index (χ2v) is 7.49. The fourth-order valence-corrected chi connectivity index (χ4v) is 3.79. The second-order valence-electron chi connectivity index (χ2n) is 7.49. The van der Waals surface area contributed by atoms with Crippen LogP contribution in [0.15, 0.2) is 30.3 Å². The van der Waals surface area contributed by atoms with Crippen molar-refractivity contribution in [1.29, 1.82) is 0 Å². The molecule has 1 aromatic heterocycles. The Bertz CT molecular complexity index is 740. The van der Waals surface area contributed by atoms with E-state index < -0.39 is 0 Å². The molecule has 28 heavy (non-hydrogen) atoms. The molecule has 0 amide bonds. The number of hydrogen-bond acceptors (Lipinski definition) is 7. The largest absolute Gasteiger partial charge is 0.465 e. The number of aromatic nitrogens is 4. The van der Waals surface area contributed by atoms with Gasteiger partial charge in [-0.05, 0) is 28.8 Å². The van der Waals surface area contributed by atoms with E-state index in [1.54, 1.807) is 11.6 Å². The molecule has 8 nitrogen and oxygen atoms in total. The fourth-order valence-electron chi connectivity index (χ4n) is 3.79. The van der Waals surface area contributed by atoms with Crippen molar-refractivity contribution in [3.05, 3.63) is 41.7 Å². The zero-order valence-corrected chi connectivity index (χ0v) is 17.0. The van der Waals surface area contributed by atoms with E-state index in [-0.39, 0.29) is 18.6 Å². The van der Waals surface area contributed by atoms with Crippen LogP contribution in [0.4, 0.5) is 0 Å². The lowest BCUT2D eigenvalue weighted by Crippen LogP contribution is -2.48. The van der Waals surface area contributed by atoms with Crippen LogP contribution in [0.2, 0.25) is 0 Å². The van der Waals surface area contributed by atoms with E-state index in [4.69, 9.17) is 4.74 Å². The van der Waals surface area contributed by atoms with E-state index in [2.05, 4.69) is 69.5 Å². The third kappa shape index (κ3) is 5.14. The first-order valence-corrected chi connectivity index (χ1v) is 10.0. The lowest BCUT2D eigenvalue weighted by Gasteiger charge is -2.40. The minimum Gasteiger partial charge on any atom is -0.465 e. The van der Waals surface area contributed by atoms with Gasteiger partial charge in [-0.25, -0.2) is 4.68 Å². The number of rotatable bonds is 8. The summed E-state index contributed by atoms with van der Waals surface area (Å²) in [4.78, 5) is 16.8. The average molecular weight is 387 g/mol. The van der Waals surface area contributed by atoms with E-state index in [0.717, 1.165) is 38.5 Å². The molecular formula is C20H30N6O2. The van der Waals surface area contributed by atoms with E-state index in [0.29, 0.717) is 12.5 Å². The number of nitrogens with zero attached hydrogens (tertiary/aromatic N) is 6. The van der Waals surface area contributed by atoms with Gasteiger partial charge >= 0.3 is 5.97 Å². The lowest BCUT2D eigenvalue weighted by molar-refractivity contribution is -0.144. The molecule has 1 aliphatic rings. The van der Waals surface area contributed by atoms with Crippen LogP contribution in [0.3, 0.4) is 0 Å². The van der Waals surface area contributed by atoms with Gasteiger partial charge < -0.3 is 4.74 Å². The number of tetrazole rings is 1. The lowest BCUT2D eigenvalue weighted by atomic mass is 10.0. The van der Waals surface area contributed by atoms with E-state index in [1.807, 2.05) is 0 Å². The van der Waals surface area contributed by atoms with Crippen LogP contribution in [-0.4, -0.2) is 68.8 Å². The van der Waals surface area contributed by atoms with Crippen molar-refractivity contribution in [1.82, 2.24) is 30.0 Å². The molecule has 3 rings (SSSR count). The summed E-state index contributed by atoms with van der Waals surface area (Å²) in [6, 6.07) is 10.6. The molecule has 0 radical (unpaired) electrons. The zero-order valence-electron chi connectivity index (χ0n) is 17.0. The summed E-state index contributed by atoms with van der Waals surface area (Å²) in [6.07, 6.45) is 0.